The van der Waals surface area contributed by atoms with Crippen LogP contribution in [-0.2, 0) is 31.6 Å². The molecule has 1 fully saturated rings. The Morgan fingerprint density at radius 3 is 2.25 bits per heavy atom. The second kappa shape index (κ2) is 14.9. The van der Waals surface area contributed by atoms with Crippen molar-refractivity contribution in [2.24, 2.45) is 0 Å². The summed E-state index contributed by atoms with van der Waals surface area (Å²) >= 11 is 0. The summed E-state index contributed by atoms with van der Waals surface area (Å²) in [5.74, 6) is -0.295. The maximum Gasteiger partial charge on any atom is 1.00 e. The molecule has 0 saturated carbocycles. The number of nitrogen functional groups attached to an aromatic ring is 1. The Kier molecular flexibility index (Phi) is 16.3. The normalized spacial score (nSPS) is 26.2. The summed E-state index contributed by atoms with van der Waals surface area (Å²) < 4.78 is 50.3. The molecule has 0 spiro atoms. The quantitative estimate of drug-likeness (QED) is 0.137. The molecule has 7 atom stereocenters. The van der Waals surface area contributed by atoms with Gasteiger partial charge in [-0.2, -0.15) is 4.98 Å². The maximum absolute atomic E-state index is 11.8. The number of nitrogens with two attached hydrogens (primary N) is 1. The van der Waals surface area contributed by atoms with Gasteiger partial charge in [-0.25, -0.2) is 13.6 Å². The summed E-state index contributed by atoms with van der Waals surface area (Å²) in [5.41, 5.74) is 4.41. The van der Waals surface area contributed by atoms with E-state index in [1.165, 1.54) is 0 Å². The van der Waals surface area contributed by atoms with Gasteiger partial charge in [0.15, 0.2) is 17.4 Å². The van der Waals surface area contributed by atoms with E-state index in [0.29, 0.717) is 0 Å². The first-order chi connectivity index (χ1) is 14.6. The molecule has 36 heavy (non-hydrogen) atoms. The third-order valence-corrected chi connectivity index (χ3v) is 7.55. The van der Waals surface area contributed by atoms with Crippen molar-refractivity contribution in [3.63, 3.8) is 0 Å². The summed E-state index contributed by atoms with van der Waals surface area (Å²) in [6.07, 6.45) is -5.57. The van der Waals surface area contributed by atoms with Crippen LogP contribution in [0.4, 0.5) is 5.95 Å². The van der Waals surface area contributed by atoms with E-state index < -0.39 is 60.2 Å². The van der Waals surface area contributed by atoms with Gasteiger partial charge in [0.2, 0.25) is 5.95 Å². The molecule has 26 heteroatoms. The number of phosphoric ester groups is 1. The second-order valence-electron chi connectivity index (χ2n) is 6.14. The molecule has 20 nitrogen and oxygen atoms in total. The molecule has 3 unspecified atom stereocenters. The summed E-state index contributed by atoms with van der Waals surface area (Å²) in [6.45, 7) is -1.12. The van der Waals surface area contributed by atoms with E-state index in [1.807, 2.05) is 0 Å². The van der Waals surface area contributed by atoms with Crippen LogP contribution < -0.4 is 115 Å². The van der Waals surface area contributed by atoms with Gasteiger partial charge in [0.05, 0.1) is 12.9 Å². The van der Waals surface area contributed by atoms with E-state index in [1.54, 1.807) is 0 Å². The zero-order valence-electron chi connectivity index (χ0n) is 18.7. The molecular weight excluding hydrogens is 592 g/mol. The topological polar surface area (TPSA) is 339 Å². The van der Waals surface area contributed by atoms with Crippen molar-refractivity contribution >= 4 is 40.6 Å². The molecule has 0 aromatic carbocycles. The average molecular weight is 607 g/mol. The number of hydrogen-bond donors (Lipinski definition) is 5. The van der Waals surface area contributed by atoms with E-state index in [0.717, 1.165) is 10.9 Å². The number of phosphoric acid groups is 3. The number of nitrogens with zero attached hydrogens (tertiary/aromatic N) is 3. The van der Waals surface area contributed by atoms with Gasteiger partial charge >= 0.3 is 88.7 Å². The Morgan fingerprint density at radius 1 is 1.11 bits per heavy atom. The molecule has 2 aromatic rings. The first-order valence-electron chi connectivity index (χ1n) is 8.05. The molecule has 0 amide bonds. The molecule has 3 heterocycles. The van der Waals surface area contributed by atoms with Gasteiger partial charge in [-0.05, 0) is 0 Å². The molecule has 0 aliphatic carbocycles. The molecule has 0 radical (unpaired) electrons. The largest absolute Gasteiger partial charge is 1.00 e. The predicted octanol–water partition coefficient (Wildman–Crippen LogP) is -14.0. The molecule has 3 rings (SSSR count). The second-order valence-corrected chi connectivity index (χ2v) is 10.4. The van der Waals surface area contributed by atoms with E-state index in [2.05, 4.69) is 28.1 Å². The van der Waals surface area contributed by atoms with Gasteiger partial charge in [0, 0.05) is 0 Å². The van der Waals surface area contributed by atoms with E-state index in [4.69, 9.17) is 15.4 Å². The molecule has 8 N–H and O–H groups in total. The Balaban J connectivity index is 0. The van der Waals surface area contributed by atoms with Gasteiger partial charge < -0.3 is 50.3 Å². The monoisotopic (exact) mass is 607 g/mol. The van der Waals surface area contributed by atoms with Crippen molar-refractivity contribution in [2.75, 3.05) is 12.3 Å². The van der Waals surface area contributed by atoms with Gasteiger partial charge in [-0.1, -0.05) is 0 Å². The van der Waals surface area contributed by atoms with Crippen molar-refractivity contribution in [1.82, 2.24) is 19.5 Å². The number of imidazole rings is 1. The van der Waals surface area contributed by atoms with Gasteiger partial charge in [0.25, 0.3) is 29.0 Å². The van der Waals surface area contributed by atoms with Gasteiger partial charge in [-0.15, -0.1) is 0 Å². The van der Waals surface area contributed by atoms with Crippen LogP contribution in [0.3, 0.4) is 0 Å². The molecular formula is C10H15N5Na3O15P3. The van der Waals surface area contributed by atoms with Crippen molar-refractivity contribution in [1.29, 1.82) is 0 Å². The van der Waals surface area contributed by atoms with Crippen molar-refractivity contribution in [3.8, 4) is 0 Å². The van der Waals surface area contributed by atoms with Crippen LogP contribution in [0.5, 0.6) is 0 Å². The number of hydrogen-bond acceptors (Lipinski definition) is 16. The third-order valence-electron chi connectivity index (χ3n) is 3.86. The molecule has 1 saturated heterocycles. The number of aliphatic hydroxyl groups excluding tert-OH is 2. The Morgan fingerprint density at radius 2 is 1.69 bits per heavy atom. The Labute approximate surface area is 266 Å². The molecule has 2 aromatic heterocycles. The zero-order valence-corrected chi connectivity index (χ0v) is 27.4. The minimum atomic E-state index is -6.11. The maximum atomic E-state index is 11.8. The summed E-state index contributed by atoms with van der Waals surface area (Å²) in [5, 5.41) is 20.3. The standard InChI is InChI=1S/C10H16N5O14P3.3Na.H2O/c11-10-13-7-4(8(18)14-10)12-2-15(7)9-6(17)5(16)3(27-9)1-26-31(22,23)29-32(24,25)28-30(19,20)21;;;;/h2-3,5-6,9,16-17H,1H2,(H,22,23)(H,24,25)(H2,19,20,21)(H3,11,13,14,18);;;;1H2/q;3*+1;/p-3/t3-,5-,6-,9-;;;;/m1..../s1. The van der Waals surface area contributed by atoms with Crippen LogP contribution in [0.2, 0.25) is 0 Å². The first kappa shape index (κ1) is 39.5. The molecule has 188 valence electrons. The number of H-pyrrole nitrogens is 1. The number of aliphatic hydroxyl groups is 2. The summed E-state index contributed by atoms with van der Waals surface area (Å²) in [4.78, 5) is 63.2. The number of aromatic amines is 1. The summed E-state index contributed by atoms with van der Waals surface area (Å²) in [6, 6.07) is 0. The number of rotatable bonds is 8. The van der Waals surface area contributed by atoms with Crippen LogP contribution in [0.15, 0.2) is 11.1 Å². The van der Waals surface area contributed by atoms with Gasteiger partial charge in [-0.3, -0.25) is 28.0 Å². The van der Waals surface area contributed by atoms with Gasteiger partial charge in [0.1, 0.15) is 18.3 Å². The average Bonchev–Trinajstić information content (AvgIpc) is 3.12. The van der Waals surface area contributed by atoms with Crippen molar-refractivity contribution in [2.45, 2.75) is 24.5 Å². The fraction of sp³-hybridized carbons (Fsp3) is 0.500. The van der Waals surface area contributed by atoms with Crippen LogP contribution in [0.25, 0.3) is 11.2 Å². The zero-order chi connectivity index (χ0) is 24.1. The third kappa shape index (κ3) is 10.1. The van der Waals surface area contributed by atoms with Crippen LogP contribution >= 0.6 is 23.5 Å². The molecule has 1 aliphatic heterocycles. The smallest absolute Gasteiger partial charge is 0.756 e. The van der Waals surface area contributed by atoms with Crippen LogP contribution in [-0.4, -0.2) is 65.0 Å². The van der Waals surface area contributed by atoms with Crippen LogP contribution in [0, 0.1) is 0 Å². The van der Waals surface area contributed by atoms with E-state index in [-0.39, 0.29) is 111 Å². The number of nitrogens with one attached hydrogen (secondary N) is 1. The fourth-order valence-corrected chi connectivity index (χ4v) is 5.57. The van der Waals surface area contributed by atoms with E-state index >= 15 is 0 Å². The number of fused-ring (bicyclic) bond motifs is 1. The minimum Gasteiger partial charge on any atom is -0.756 e. The SMILES string of the molecule is Nc1nc2c(ncn2[C@@H]2O[C@H](COP(=O)([O-])OP(=O)([O-])OP(=O)([O-])O)[C@@H](O)[C@H]2O)c(=O)[nH]1.O.[Na+].[Na+].[Na+]. The molecule has 1 aliphatic rings. The number of anilines is 1. The van der Waals surface area contributed by atoms with Crippen LogP contribution in [0.1, 0.15) is 6.23 Å². The number of ether oxygens (including phenoxy) is 1. The molecule has 0 bridgehead atoms. The van der Waals surface area contributed by atoms with Crippen molar-refractivity contribution < 1.29 is 156 Å². The minimum absolute atomic E-state index is 0. The predicted molar refractivity (Wildman–Crippen MR) is 95.3 cm³/mol. The van der Waals surface area contributed by atoms with Crippen molar-refractivity contribution in [3.05, 3.63) is 16.7 Å². The fourth-order valence-electron chi connectivity index (χ4n) is 2.68. The van der Waals surface area contributed by atoms with E-state index in [9.17, 15) is 43.4 Å². The summed E-state index contributed by atoms with van der Waals surface area (Å²) in [7, 11) is -17.8. The first-order valence-corrected chi connectivity index (χ1v) is 12.5. The Bertz CT molecular complexity index is 1220. The number of aromatic nitrogens is 4. The Hall–Kier alpha value is 1.40.